The van der Waals surface area contributed by atoms with E-state index in [1.54, 1.807) is 35.2 Å². The average Bonchev–Trinajstić information content (AvgIpc) is 3.20. The summed E-state index contributed by atoms with van der Waals surface area (Å²) in [6.45, 7) is 3.68. The van der Waals surface area contributed by atoms with Crippen LogP contribution < -0.4 is 4.74 Å². The normalized spacial score (nSPS) is 21.3. The number of hydrogen-bond acceptors (Lipinski definition) is 6. The molecule has 0 saturated carbocycles. The molecule has 0 bridgehead atoms. The van der Waals surface area contributed by atoms with Gasteiger partial charge in [-0.1, -0.05) is 49.2 Å². The summed E-state index contributed by atoms with van der Waals surface area (Å²) in [6.07, 6.45) is 0.00174. The van der Waals surface area contributed by atoms with Gasteiger partial charge in [0.1, 0.15) is 11.8 Å². The van der Waals surface area contributed by atoms with Gasteiger partial charge in [-0.2, -0.15) is 0 Å². The molecule has 1 aliphatic heterocycles. The number of nitrogens with zero attached hydrogens (tertiary/aromatic N) is 1. The van der Waals surface area contributed by atoms with Crippen LogP contribution in [-0.2, 0) is 14.3 Å². The van der Waals surface area contributed by atoms with E-state index in [1.165, 1.54) is 26.4 Å². The Balaban J connectivity index is 2.19. The van der Waals surface area contributed by atoms with E-state index in [9.17, 15) is 19.5 Å². The Morgan fingerprint density at radius 3 is 2.32 bits per heavy atom. The average molecular weight is 508 g/mol. The molecule has 1 heterocycles. The van der Waals surface area contributed by atoms with Gasteiger partial charge in [0.25, 0.3) is 0 Å². The number of ether oxygens (including phenoxy) is 2. The van der Waals surface area contributed by atoms with E-state index in [-0.39, 0.29) is 23.1 Å². The van der Waals surface area contributed by atoms with Gasteiger partial charge in [0.2, 0.25) is 0 Å². The molecule has 0 aliphatic carbocycles. The van der Waals surface area contributed by atoms with Crippen molar-refractivity contribution < 1.29 is 29.0 Å². The first-order valence-corrected chi connectivity index (χ1v) is 11.6. The number of carboxylic acids is 1. The van der Waals surface area contributed by atoms with Crippen LogP contribution >= 0.6 is 23.2 Å². The summed E-state index contributed by atoms with van der Waals surface area (Å²) in [5.41, 5.74) is 0.967. The van der Waals surface area contributed by atoms with E-state index < -0.39 is 36.0 Å². The molecule has 4 unspecified atom stereocenters. The number of carbonyl (C=O) groups excluding carboxylic acids is 2. The first kappa shape index (κ1) is 26.0. The minimum absolute atomic E-state index is 0.00174. The maximum atomic E-state index is 13.8. The van der Waals surface area contributed by atoms with Crippen LogP contribution in [0.2, 0.25) is 10.0 Å². The van der Waals surface area contributed by atoms with E-state index in [4.69, 9.17) is 32.7 Å². The molecule has 9 heteroatoms. The zero-order chi connectivity index (χ0) is 25.2. The molecule has 182 valence electrons. The standard InChI is InChI=1S/C25H27Cl2NO6/c1-13(2)21(23(29)15-8-9-18(26)19(27)11-15)28-20(24(30)31)12-17(25(32)34-4)22(28)14-6-5-7-16(10-14)33-3/h5-11,13,17,20-22H,12H2,1-4H3,(H,30,31). The summed E-state index contributed by atoms with van der Waals surface area (Å²) in [5.74, 6) is -2.48. The molecule has 1 N–H and O–H groups in total. The summed E-state index contributed by atoms with van der Waals surface area (Å²) in [4.78, 5) is 40.6. The largest absolute Gasteiger partial charge is 0.497 e. The minimum atomic E-state index is -1.12. The Bertz CT molecular complexity index is 1090. The zero-order valence-electron chi connectivity index (χ0n) is 19.3. The number of hydrogen-bond donors (Lipinski definition) is 1. The molecule has 1 fully saturated rings. The van der Waals surface area contributed by atoms with E-state index >= 15 is 0 Å². The van der Waals surface area contributed by atoms with E-state index in [0.29, 0.717) is 21.9 Å². The van der Waals surface area contributed by atoms with Gasteiger partial charge in [-0.25, -0.2) is 0 Å². The number of Topliss-reactive ketones (excluding diaryl/α,β-unsaturated/α-hetero) is 1. The Morgan fingerprint density at radius 2 is 1.76 bits per heavy atom. The second-order valence-electron chi connectivity index (χ2n) is 8.57. The molecule has 2 aromatic carbocycles. The lowest BCUT2D eigenvalue weighted by atomic mass is 9.89. The topological polar surface area (TPSA) is 93.1 Å². The van der Waals surface area contributed by atoms with Gasteiger partial charge in [0.15, 0.2) is 5.78 Å². The van der Waals surface area contributed by atoms with Crippen LogP contribution in [0.15, 0.2) is 42.5 Å². The minimum Gasteiger partial charge on any atom is -0.497 e. The number of carbonyl (C=O) groups is 3. The van der Waals surface area contributed by atoms with Crippen molar-refractivity contribution in [3.63, 3.8) is 0 Å². The highest BCUT2D eigenvalue weighted by molar-refractivity contribution is 6.42. The van der Waals surface area contributed by atoms with Crippen LogP contribution in [0.1, 0.15) is 42.2 Å². The van der Waals surface area contributed by atoms with Crippen LogP contribution in [0.4, 0.5) is 0 Å². The van der Waals surface area contributed by atoms with Crippen molar-refractivity contribution in [2.45, 2.75) is 38.4 Å². The fourth-order valence-electron chi connectivity index (χ4n) is 4.70. The van der Waals surface area contributed by atoms with Crippen LogP contribution in [-0.4, -0.2) is 54.0 Å². The molecular formula is C25H27Cl2NO6. The third kappa shape index (κ3) is 5.06. The number of esters is 1. The summed E-state index contributed by atoms with van der Waals surface area (Å²) < 4.78 is 10.4. The van der Waals surface area contributed by atoms with Gasteiger partial charge in [0, 0.05) is 11.6 Å². The summed E-state index contributed by atoms with van der Waals surface area (Å²) in [6, 6.07) is 8.98. The van der Waals surface area contributed by atoms with Crippen molar-refractivity contribution in [2.75, 3.05) is 14.2 Å². The molecule has 0 aromatic heterocycles. The fraction of sp³-hybridized carbons (Fsp3) is 0.400. The Morgan fingerprint density at radius 1 is 1.06 bits per heavy atom. The molecule has 2 aromatic rings. The lowest BCUT2D eigenvalue weighted by molar-refractivity contribution is -0.146. The maximum Gasteiger partial charge on any atom is 0.320 e. The van der Waals surface area contributed by atoms with Crippen molar-refractivity contribution in [3.05, 3.63) is 63.6 Å². The monoisotopic (exact) mass is 507 g/mol. The highest BCUT2D eigenvalue weighted by Gasteiger charge is 2.53. The zero-order valence-corrected chi connectivity index (χ0v) is 20.8. The molecular weight excluding hydrogens is 481 g/mol. The molecule has 4 atom stereocenters. The Labute approximate surface area is 208 Å². The van der Waals surface area contributed by atoms with Gasteiger partial charge in [-0.3, -0.25) is 19.3 Å². The van der Waals surface area contributed by atoms with E-state index in [0.717, 1.165) is 0 Å². The van der Waals surface area contributed by atoms with Gasteiger partial charge in [-0.05, 0) is 48.2 Å². The second-order valence-corrected chi connectivity index (χ2v) is 9.38. The lowest BCUT2D eigenvalue weighted by Crippen LogP contribution is -2.51. The molecule has 0 radical (unpaired) electrons. The maximum absolute atomic E-state index is 13.8. The Hall–Kier alpha value is -2.61. The van der Waals surface area contributed by atoms with Crippen LogP contribution in [0.5, 0.6) is 5.75 Å². The van der Waals surface area contributed by atoms with Crippen LogP contribution in [0.3, 0.4) is 0 Å². The molecule has 3 rings (SSSR count). The highest BCUT2D eigenvalue weighted by Crippen LogP contribution is 2.45. The molecule has 0 amide bonds. The quantitative estimate of drug-likeness (QED) is 0.401. The van der Waals surface area contributed by atoms with Crippen LogP contribution in [0, 0.1) is 11.8 Å². The predicted molar refractivity (Wildman–Crippen MR) is 129 cm³/mol. The predicted octanol–water partition coefficient (Wildman–Crippen LogP) is 4.90. The van der Waals surface area contributed by atoms with E-state index in [1.807, 2.05) is 13.8 Å². The smallest absolute Gasteiger partial charge is 0.320 e. The van der Waals surface area contributed by atoms with Gasteiger partial charge >= 0.3 is 11.9 Å². The summed E-state index contributed by atoms with van der Waals surface area (Å²) in [7, 11) is 2.79. The highest BCUT2D eigenvalue weighted by atomic mass is 35.5. The van der Waals surface area contributed by atoms with Gasteiger partial charge < -0.3 is 14.6 Å². The van der Waals surface area contributed by atoms with Crippen molar-refractivity contribution in [1.82, 2.24) is 4.90 Å². The fourth-order valence-corrected chi connectivity index (χ4v) is 5.00. The number of halogens is 2. The third-order valence-corrected chi connectivity index (χ3v) is 6.93. The number of ketones is 1. The second kappa shape index (κ2) is 10.8. The lowest BCUT2D eigenvalue weighted by Gasteiger charge is -2.38. The molecule has 34 heavy (non-hydrogen) atoms. The van der Waals surface area contributed by atoms with Crippen molar-refractivity contribution in [2.24, 2.45) is 11.8 Å². The van der Waals surface area contributed by atoms with Gasteiger partial charge in [-0.15, -0.1) is 0 Å². The molecule has 7 nitrogen and oxygen atoms in total. The number of carboxylic acid groups (broad SMARTS) is 1. The number of benzene rings is 2. The number of rotatable bonds is 8. The molecule has 1 aliphatic rings. The number of methoxy groups -OCH3 is 2. The van der Waals surface area contributed by atoms with Crippen LogP contribution in [0.25, 0.3) is 0 Å². The SMILES string of the molecule is COC(=O)C1CC(C(=O)O)N(C(C(=O)c2ccc(Cl)c(Cl)c2)C(C)C)C1c1cccc(OC)c1. The first-order chi connectivity index (χ1) is 16.1. The van der Waals surface area contributed by atoms with Crippen molar-refractivity contribution >= 4 is 40.9 Å². The molecule has 0 spiro atoms. The summed E-state index contributed by atoms with van der Waals surface area (Å²) in [5, 5.41) is 10.7. The van der Waals surface area contributed by atoms with Crippen molar-refractivity contribution in [1.29, 1.82) is 0 Å². The first-order valence-electron chi connectivity index (χ1n) is 10.8. The Kier molecular flexibility index (Phi) is 8.23. The number of likely N-dealkylation sites (tertiary alicyclic amines) is 1. The third-order valence-electron chi connectivity index (χ3n) is 6.19. The van der Waals surface area contributed by atoms with Crippen molar-refractivity contribution in [3.8, 4) is 5.75 Å². The van der Waals surface area contributed by atoms with E-state index in [2.05, 4.69) is 0 Å². The number of aliphatic carboxylic acids is 1. The van der Waals surface area contributed by atoms with Gasteiger partial charge in [0.05, 0.1) is 36.2 Å². The summed E-state index contributed by atoms with van der Waals surface area (Å²) >= 11 is 12.2. The molecule has 1 saturated heterocycles.